The number of nitrogens with one attached hydrogen (secondary N) is 1. The maximum absolute atomic E-state index is 11.9. The summed E-state index contributed by atoms with van der Waals surface area (Å²) in [5.41, 5.74) is 0.0807. The first-order valence-corrected chi connectivity index (χ1v) is 6.37. The molecule has 0 aromatic heterocycles. The van der Waals surface area contributed by atoms with Gasteiger partial charge in [0.15, 0.2) is 0 Å². The third kappa shape index (κ3) is 3.94. The normalized spacial score (nSPS) is 23.3. The molecule has 0 radical (unpaired) electrons. The van der Waals surface area contributed by atoms with Crippen LogP contribution >= 0.6 is 0 Å². The van der Waals surface area contributed by atoms with Gasteiger partial charge in [-0.3, -0.25) is 9.69 Å². The van der Waals surface area contributed by atoms with Crippen LogP contribution in [-0.4, -0.2) is 48.3 Å². The molecule has 1 aromatic rings. The molecule has 0 aliphatic carbocycles. The minimum atomic E-state index is -0.666. The van der Waals surface area contributed by atoms with Gasteiger partial charge in [-0.15, -0.1) is 0 Å². The topological polar surface area (TPSA) is 61.8 Å². The minimum Gasteiger partial charge on any atom is -0.497 e. The molecular weight excluding hydrogens is 244 g/mol. The first-order valence-electron chi connectivity index (χ1n) is 6.37. The second kappa shape index (κ2) is 5.59. The van der Waals surface area contributed by atoms with Crippen LogP contribution in [0, 0.1) is 0 Å². The highest BCUT2D eigenvalue weighted by atomic mass is 16.5. The molecule has 5 nitrogen and oxygen atoms in total. The lowest BCUT2D eigenvalue weighted by Crippen LogP contribution is -2.35. The first-order chi connectivity index (χ1) is 8.98. The van der Waals surface area contributed by atoms with Crippen LogP contribution in [0.25, 0.3) is 0 Å². The highest BCUT2D eigenvalue weighted by Crippen LogP contribution is 2.20. The Bertz CT molecular complexity index is 443. The van der Waals surface area contributed by atoms with Gasteiger partial charge in [0.05, 0.1) is 19.3 Å². The lowest BCUT2D eigenvalue weighted by molar-refractivity contribution is -0.117. The summed E-state index contributed by atoms with van der Waals surface area (Å²) in [7, 11) is 1.60. The molecule has 0 saturated carbocycles. The van der Waals surface area contributed by atoms with E-state index in [-0.39, 0.29) is 5.91 Å². The predicted octanol–water partition coefficient (Wildman–Crippen LogP) is 1.09. The Balaban J connectivity index is 1.84. The monoisotopic (exact) mass is 264 g/mol. The van der Waals surface area contributed by atoms with Gasteiger partial charge in [0, 0.05) is 18.8 Å². The lowest BCUT2D eigenvalue weighted by atomic mass is 10.1. The Morgan fingerprint density at radius 3 is 2.68 bits per heavy atom. The molecule has 1 saturated heterocycles. The maximum atomic E-state index is 11.9. The van der Waals surface area contributed by atoms with Crippen LogP contribution < -0.4 is 10.1 Å². The van der Waals surface area contributed by atoms with Crippen molar-refractivity contribution in [2.75, 3.05) is 32.1 Å². The molecule has 1 amide bonds. The van der Waals surface area contributed by atoms with Crippen LogP contribution in [0.3, 0.4) is 0 Å². The number of amides is 1. The summed E-state index contributed by atoms with van der Waals surface area (Å²) in [6.45, 7) is 3.41. The Morgan fingerprint density at radius 2 is 2.16 bits per heavy atom. The first kappa shape index (κ1) is 13.8. The van der Waals surface area contributed by atoms with Crippen molar-refractivity contribution in [1.82, 2.24) is 4.90 Å². The van der Waals surface area contributed by atoms with Crippen molar-refractivity contribution in [3.8, 4) is 5.75 Å². The number of aliphatic hydroxyl groups is 1. The summed E-state index contributed by atoms with van der Waals surface area (Å²) in [5.74, 6) is 0.691. The molecular formula is C14H20N2O3. The summed E-state index contributed by atoms with van der Waals surface area (Å²) >= 11 is 0. The van der Waals surface area contributed by atoms with E-state index in [1.807, 2.05) is 4.90 Å². The Morgan fingerprint density at radius 1 is 1.47 bits per heavy atom. The van der Waals surface area contributed by atoms with Crippen molar-refractivity contribution in [3.63, 3.8) is 0 Å². The zero-order valence-electron chi connectivity index (χ0n) is 11.3. The Hall–Kier alpha value is -1.59. The van der Waals surface area contributed by atoms with Crippen LogP contribution in [-0.2, 0) is 4.79 Å². The van der Waals surface area contributed by atoms with E-state index in [0.717, 1.165) is 18.0 Å². The third-order valence-corrected chi connectivity index (χ3v) is 3.27. The number of nitrogens with zero attached hydrogens (tertiary/aromatic N) is 1. The Labute approximate surface area is 113 Å². The third-order valence-electron chi connectivity index (χ3n) is 3.27. The molecule has 19 heavy (non-hydrogen) atoms. The summed E-state index contributed by atoms with van der Waals surface area (Å²) in [6.07, 6.45) is 0.711. The van der Waals surface area contributed by atoms with Gasteiger partial charge < -0.3 is 15.2 Å². The number of benzene rings is 1. The molecule has 1 aliphatic rings. The van der Waals surface area contributed by atoms with Crippen LogP contribution in [0.15, 0.2) is 24.3 Å². The van der Waals surface area contributed by atoms with Gasteiger partial charge in [-0.2, -0.15) is 0 Å². The van der Waals surface area contributed by atoms with Gasteiger partial charge in [-0.1, -0.05) is 0 Å². The molecule has 1 aromatic carbocycles. The van der Waals surface area contributed by atoms with Crippen molar-refractivity contribution in [3.05, 3.63) is 24.3 Å². The SMILES string of the molecule is COc1ccc(NC(=O)CN2CCC(C)(O)C2)cc1. The van der Waals surface area contributed by atoms with Gasteiger partial charge in [-0.05, 0) is 37.6 Å². The lowest BCUT2D eigenvalue weighted by Gasteiger charge is -2.18. The average molecular weight is 264 g/mol. The number of β-amino-alcohol motifs (C(OH)–C–C–N with tert-alkyl or cyclic N) is 1. The molecule has 104 valence electrons. The van der Waals surface area contributed by atoms with Crippen molar-refractivity contribution in [2.45, 2.75) is 18.9 Å². The van der Waals surface area contributed by atoms with Gasteiger partial charge >= 0.3 is 0 Å². The van der Waals surface area contributed by atoms with Gasteiger partial charge in [0.1, 0.15) is 5.75 Å². The number of likely N-dealkylation sites (tertiary alicyclic amines) is 1. The van der Waals surface area contributed by atoms with Crippen LogP contribution in [0.5, 0.6) is 5.75 Å². The largest absolute Gasteiger partial charge is 0.497 e. The summed E-state index contributed by atoms with van der Waals surface area (Å²) in [6, 6.07) is 7.21. The van der Waals surface area contributed by atoms with E-state index in [1.54, 1.807) is 38.3 Å². The van der Waals surface area contributed by atoms with Crippen LogP contribution in [0.2, 0.25) is 0 Å². The van der Waals surface area contributed by atoms with Crippen molar-refractivity contribution < 1.29 is 14.6 Å². The smallest absolute Gasteiger partial charge is 0.238 e. The molecule has 1 unspecified atom stereocenters. The highest BCUT2D eigenvalue weighted by Gasteiger charge is 2.31. The number of methoxy groups -OCH3 is 1. The second-order valence-electron chi connectivity index (χ2n) is 5.23. The summed E-state index contributed by atoms with van der Waals surface area (Å²) in [4.78, 5) is 13.8. The quantitative estimate of drug-likeness (QED) is 0.854. The summed E-state index contributed by atoms with van der Waals surface area (Å²) in [5, 5.41) is 12.7. The van der Waals surface area contributed by atoms with E-state index >= 15 is 0 Å². The van der Waals surface area contributed by atoms with Crippen LogP contribution in [0.1, 0.15) is 13.3 Å². The molecule has 0 bridgehead atoms. The number of anilines is 1. The van der Waals surface area contributed by atoms with Crippen LogP contribution in [0.4, 0.5) is 5.69 Å². The van der Waals surface area contributed by atoms with Crippen molar-refractivity contribution in [2.24, 2.45) is 0 Å². The fourth-order valence-corrected chi connectivity index (χ4v) is 2.25. The Kier molecular flexibility index (Phi) is 4.07. The van der Waals surface area contributed by atoms with E-state index in [0.29, 0.717) is 19.5 Å². The van der Waals surface area contributed by atoms with Gasteiger partial charge in [-0.25, -0.2) is 0 Å². The van der Waals surface area contributed by atoms with E-state index in [1.165, 1.54) is 0 Å². The molecule has 0 spiro atoms. The van der Waals surface area contributed by atoms with Crippen molar-refractivity contribution >= 4 is 11.6 Å². The molecule has 5 heteroatoms. The van der Waals surface area contributed by atoms with Crippen molar-refractivity contribution in [1.29, 1.82) is 0 Å². The molecule has 1 heterocycles. The minimum absolute atomic E-state index is 0.0668. The van der Waals surface area contributed by atoms with E-state index in [2.05, 4.69) is 5.32 Å². The number of hydrogen-bond donors (Lipinski definition) is 2. The highest BCUT2D eigenvalue weighted by molar-refractivity contribution is 5.92. The average Bonchev–Trinajstić information content (AvgIpc) is 2.69. The molecule has 1 fully saturated rings. The maximum Gasteiger partial charge on any atom is 0.238 e. The number of carbonyl (C=O) groups is 1. The summed E-state index contributed by atoms with van der Waals surface area (Å²) < 4.78 is 5.06. The van der Waals surface area contributed by atoms with E-state index < -0.39 is 5.60 Å². The predicted molar refractivity (Wildman–Crippen MR) is 73.3 cm³/mol. The zero-order valence-corrected chi connectivity index (χ0v) is 11.3. The molecule has 2 rings (SSSR count). The number of ether oxygens (including phenoxy) is 1. The number of carbonyl (C=O) groups excluding carboxylic acids is 1. The van der Waals surface area contributed by atoms with Gasteiger partial charge in [0.25, 0.3) is 0 Å². The standard InChI is InChI=1S/C14H20N2O3/c1-14(18)7-8-16(10-14)9-13(17)15-11-3-5-12(19-2)6-4-11/h3-6,18H,7-10H2,1-2H3,(H,15,17). The fraction of sp³-hybridized carbons (Fsp3) is 0.500. The molecule has 1 atom stereocenters. The zero-order chi connectivity index (χ0) is 13.9. The second-order valence-corrected chi connectivity index (χ2v) is 5.23. The number of hydrogen-bond acceptors (Lipinski definition) is 4. The fourth-order valence-electron chi connectivity index (χ4n) is 2.25. The molecule has 1 aliphatic heterocycles. The van der Waals surface area contributed by atoms with E-state index in [9.17, 15) is 9.90 Å². The number of rotatable bonds is 4. The van der Waals surface area contributed by atoms with Gasteiger partial charge in [0.2, 0.25) is 5.91 Å². The van der Waals surface area contributed by atoms with E-state index in [4.69, 9.17) is 4.74 Å². The molecule has 2 N–H and O–H groups in total.